The van der Waals surface area contributed by atoms with Crippen molar-refractivity contribution in [3.63, 3.8) is 0 Å². The van der Waals surface area contributed by atoms with Crippen molar-refractivity contribution in [3.8, 4) is 0 Å². The quantitative estimate of drug-likeness (QED) is 0.479. The molecule has 1 unspecified atom stereocenters. The van der Waals surface area contributed by atoms with Crippen LogP contribution in [0.5, 0.6) is 0 Å². The van der Waals surface area contributed by atoms with Gasteiger partial charge in [0.05, 0.1) is 19.0 Å². The van der Waals surface area contributed by atoms with E-state index in [0.29, 0.717) is 6.54 Å². The minimum Gasteiger partial charge on any atom is -0.370 e. The number of hydrogen-bond donors (Lipinski definition) is 3. The molecule has 0 heterocycles. The number of primary amides is 1. The summed E-state index contributed by atoms with van der Waals surface area (Å²) in [4.78, 5) is 34.6. The molecule has 0 saturated heterocycles. The predicted octanol–water partition coefficient (Wildman–Crippen LogP) is -2.22. The van der Waals surface area contributed by atoms with E-state index in [1.165, 1.54) is 11.9 Å². The molecule has 92 valence electrons. The molecular weight excluding hydrogens is 212 g/mol. The van der Waals surface area contributed by atoms with E-state index in [1.54, 1.807) is 6.92 Å². The molecule has 0 aliphatic carbocycles. The molecule has 16 heavy (non-hydrogen) atoms. The summed E-state index contributed by atoms with van der Waals surface area (Å²) in [6.45, 7) is 1.99. The molecule has 0 radical (unpaired) electrons. The van der Waals surface area contributed by atoms with Gasteiger partial charge in [-0.15, -0.1) is 0 Å². The van der Waals surface area contributed by atoms with Crippen LogP contribution in [0.2, 0.25) is 0 Å². The van der Waals surface area contributed by atoms with E-state index in [2.05, 4.69) is 5.32 Å². The van der Waals surface area contributed by atoms with Crippen LogP contribution in [0, 0.1) is 0 Å². The SMILES string of the molecule is CCN(CC(=O)NC)C(=O)C(N)CC(N)=O. The first-order chi connectivity index (χ1) is 7.42. The van der Waals surface area contributed by atoms with Crippen LogP contribution in [0.3, 0.4) is 0 Å². The summed E-state index contributed by atoms with van der Waals surface area (Å²) in [5.41, 5.74) is 10.4. The number of carbonyl (C=O) groups excluding carboxylic acids is 3. The lowest BCUT2D eigenvalue weighted by molar-refractivity contribution is -0.137. The lowest BCUT2D eigenvalue weighted by atomic mass is 10.2. The third kappa shape index (κ3) is 4.74. The van der Waals surface area contributed by atoms with E-state index in [-0.39, 0.29) is 18.9 Å². The van der Waals surface area contributed by atoms with Crippen LogP contribution in [0.15, 0.2) is 0 Å². The summed E-state index contributed by atoms with van der Waals surface area (Å²) in [6, 6.07) is -0.984. The zero-order chi connectivity index (χ0) is 12.7. The Kier molecular flexibility index (Phi) is 6.09. The van der Waals surface area contributed by atoms with Crippen LogP contribution in [0.25, 0.3) is 0 Å². The number of amides is 3. The highest BCUT2D eigenvalue weighted by Crippen LogP contribution is 1.97. The molecule has 0 aromatic heterocycles. The van der Waals surface area contributed by atoms with E-state index < -0.39 is 17.9 Å². The lowest BCUT2D eigenvalue weighted by Gasteiger charge is -2.22. The Labute approximate surface area is 94.1 Å². The maximum Gasteiger partial charge on any atom is 0.240 e. The van der Waals surface area contributed by atoms with Crippen LogP contribution in [0.4, 0.5) is 0 Å². The zero-order valence-electron chi connectivity index (χ0n) is 9.53. The van der Waals surface area contributed by atoms with Gasteiger partial charge in [0.15, 0.2) is 0 Å². The number of nitrogens with one attached hydrogen (secondary N) is 1. The van der Waals surface area contributed by atoms with Crippen molar-refractivity contribution in [3.05, 3.63) is 0 Å². The van der Waals surface area contributed by atoms with Gasteiger partial charge < -0.3 is 21.7 Å². The van der Waals surface area contributed by atoms with Crippen molar-refractivity contribution in [2.24, 2.45) is 11.5 Å². The van der Waals surface area contributed by atoms with Gasteiger partial charge in [0.25, 0.3) is 0 Å². The predicted molar refractivity (Wildman–Crippen MR) is 58.1 cm³/mol. The second-order valence-corrected chi connectivity index (χ2v) is 3.30. The summed E-state index contributed by atoms with van der Waals surface area (Å²) in [7, 11) is 1.48. The lowest BCUT2D eigenvalue weighted by Crippen LogP contribution is -2.48. The fourth-order valence-electron chi connectivity index (χ4n) is 1.14. The Morgan fingerprint density at radius 1 is 1.38 bits per heavy atom. The van der Waals surface area contributed by atoms with E-state index in [4.69, 9.17) is 11.5 Å². The molecule has 0 bridgehead atoms. The first kappa shape index (κ1) is 14.4. The summed E-state index contributed by atoms with van der Waals surface area (Å²) in [5.74, 6) is -1.39. The minimum absolute atomic E-state index is 0.0711. The normalized spacial score (nSPS) is 11.7. The molecule has 7 nitrogen and oxygen atoms in total. The highest BCUT2D eigenvalue weighted by Gasteiger charge is 2.22. The maximum atomic E-state index is 11.7. The highest BCUT2D eigenvalue weighted by molar-refractivity contribution is 5.90. The van der Waals surface area contributed by atoms with Crippen LogP contribution in [-0.2, 0) is 14.4 Å². The molecule has 0 saturated carbocycles. The first-order valence-corrected chi connectivity index (χ1v) is 4.95. The summed E-state index contributed by atoms with van der Waals surface area (Å²) < 4.78 is 0. The fourth-order valence-corrected chi connectivity index (χ4v) is 1.14. The third-order valence-corrected chi connectivity index (χ3v) is 2.04. The molecule has 0 aliphatic rings. The summed E-state index contributed by atoms with van der Waals surface area (Å²) in [6.07, 6.45) is -0.219. The van der Waals surface area contributed by atoms with Crippen molar-refractivity contribution in [2.45, 2.75) is 19.4 Å². The molecule has 0 aromatic rings. The highest BCUT2D eigenvalue weighted by atomic mass is 16.2. The number of nitrogens with zero attached hydrogens (tertiary/aromatic N) is 1. The van der Waals surface area contributed by atoms with Crippen LogP contribution in [-0.4, -0.2) is 48.8 Å². The van der Waals surface area contributed by atoms with Crippen LogP contribution < -0.4 is 16.8 Å². The Morgan fingerprint density at radius 3 is 2.31 bits per heavy atom. The van der Waals surface area contributed by atoms with Gasteiger partial charge in [0.2, 0.25) is 17.7 Å². The Bertz CT molecular complexity index is 280. The number of rotatable bonds is 6. The fraction of sp³-hybridized carbons (Fsp3) is 0.667. The van der Waals surface area contributed by atoms with Crippen molar-refractivity contribution in [1.29, 1.82) is 0 Å². The average molecular weight is 230 g/mol. The minimum atomic E-state index is -0.984. The zero-order valence-corrected chi connectivity index (χ0v) is 9.53. The molecule has 0 rings (SSSR count). The van der Waals surface area contributed by atoms with Crippen molar-refractivity contribution in [2.75, 3.05) is 20.1 Å². The topological polar surface area (TPSA) is 119 Å². The summed E-state index contributed by atoms with van der Waals surface area (Å²) >= 11 is 0. The largest absolute Gasteiger partial charge is 0.370 e. The van der Waals surface area contributed by atoms with Gasteiger partial charge in [0, 0.05) is 13.6 Å². The molecule has 5 N–H and O–H groups in total. The Morgan fingerprint density at radius 2 is 1.94 bits per heavy atom. The van der Waals surface area contributed by atoms with Crippen LogP contribution >= 0.6 is 0 Å². The van der Waals surface area contributed by atoms with E-state index in [1.807, 2.05) is 0 Å². The average Bonchev–Trinajstić information content (AvgIpc) is 2.23. The van der Waals surface area contributed by atoms with E-state index >= 15 is 0 Å². The van der Waals surface area contributed by atoms with E-state index in [9.17, 15) is 14.4 Å². The Hall–Kier alpha value is -1.63. The standard InChI is InChI=1S/C9H18N4O3/c1-3-13(5-8(15)12-2)9(16)6(10)4-7(11)14/h6H,3-5,10H2,1-2H3,(H2,11,14)(H,12,15). The number of carbonyl (C=O) groups is 3. The molecule has 1 atom stereocenters. The van der Waals surface area contributed by atoms with Gasteiger partial charge in [-0.2, -0.15) is 0 Å². The maximum absolute atomic E-state index is 11.7. The number of hydrogen-bond acceptors (Lipinski definition) is 4. The van der Waals surface area contributed by atoms with Gasteiger partial charge >= 0.3 is 0 Å². The van der Waals surface area contributed by atoms with Gasteiger partial charge in [-0.05, 0) is 6.92 Å². The van der Waals surface area contributed by atoms with Gasteiger partial charge in [-0.3, -0.25) is 14.4 Å². The van der Waals surface area contributed by atoms with Gasteiger partial charge in [-0.1, -0.05) is 0 Å². The Balaban J connectivity index is 4.40. The molecule has 0 aromatic carbocycles. The first-order valence-electron chi connectivity index (χ1n) is 4.95. The van der Waals surface area contributed by atoms with Gasteiger partial charge in [-0.25, -0.2) is 0 Å². The smallest absolute Gasteiger partial charge is 0.240 e. The molecule has 0 spiro atoms. The molecule has 0 aliphatic heterocycles. The molecular formula is C9H18N4O3. The van der Waals surface area contributed by atoms with Crippen molar-refractivity contribution < 1.29 is 14.4 Å². The van der Waals surface area contributed by atoms with E-state index in [0.717, 1.165) is 0 Å². The van der Waals surface area contributed by atoms with Crippen molar-refractivity contribution >= 4 is 17.7 Å². The van der Waals surface area contributed by atoms with Crippen molar-refractivity contribution in [1.82, 2.24) is 10.2 Å². The molecule has 3 amide bonds. The van der Waals surface area contributed by atoms with Crippen LogP contribution in [0.1, 0.15) is 13.3 Å². The third-order valence-electron chi connectivity index (χ3n) is 2.04. The molecule has 0 fully saturated rings. The monoisotopic (exact) mass is 230 g/mol. The second-order valence-electron chi connectivity index (χ2n) is 3.30. The van der Waals surface area contributed by atoms with Gasteiger partial charge in [0.1, 0.15) is 0 Å². The second kappa shape index (κ2) is 6.78. The summed E-state index contributed by atoms with van der Waals surface area (Å²) in [5, 5.41) is 2.40. The number of likely N-dealkylation sites (N-methyl/N-ethyl adjacent to an activating group) is 2. The molecule has 7 heteroatoms. The number of nitrogens with two attached hydrogens (primary N) is 2.